The molecule has 6 heteroatoms. The van der Waals surface area contributed by atoms with Crippen LogP contribution >= 0.6 is 0 Å². The number of hydrogen-bond donors (Lipinski definition) is 1. The Kier molecular flexibility index (Phi) is 5.56. The third-order valence-corrected chi connectivity index (χ3v) is 4.45. The highest BCUT2D eigenvalue weighted by Crippen LogP contribution is 2.25. The van der Waals surface area contributed by atoms with Gasteiger partial charge in [-0.05, 0) is 42.5 Å². The minimum atomic E-state index is -0.195. The van der Waals surface area contributed by atoms with Crippen molar-refractivity contribution in [2.24, 2.45) is 5.41 Å². The Balaban J connectivity index is 1.82. The topological polar surface area (TPSA) is 73.1 Å². The molecule has 1 aromatic carbocycles. The Morgan fingerprint density at radius 3 is 2.67 bits per heavy atom. The fraction of sp³-hybridized carbons (Fsp3) is 0.381. The quantitative estimate of drug-likeness (QED) is 0.695. The van der Waals surface area contributed by atoms with E-state index in [0.29, 0.717) is 12.8 Å². The smallest absolute Gasteiger partial charge is 0.143 e. The average Bonchev–Trinajstić information content (AvgIpc) is 3.07. The number of ether oxygens (including phenoxy) is 1. The van der Waals surface area contributed by atoms with E-state index in [2.05, 4.69) is 21.0 Å². The summed E-state index contributed by atoms with van der Waals surface area (Å²) in [6.07, 6.45) is 6.86. The van der Waals surface area contributed by atoms with E-state index in [9.17, 15) is 5.11 Å². The van der Waals surface area contributed by atoms with Gasteiger partial charge in [0, 0.05) is 31.1 Å². The van der Waals surface area contributed by atoms with Gasteiger partial charge < -0.3 is 14.4 Å². The highest BCUT2D eigenvalue weighted by Gasteiger charge is 2.18. The number of hydrogen-bond acceptors (Lipinski definition) is 5. The van der Waals surface area contributed by atoms with Gasteiger partial charge in [0.2, 0.25) is 0 Å². The number of aliphatic hydroxyl groups is 1. The van der Waals surface area contributed by atoms with E-state index in [1.165, 1.54) is 0 Å². The van der Waals surface area contributed by atoms with E-state index in [-0.39, 0.29) is 12.0 Å². The molecule has 0 aliphatic rings. The Morgan fingerprint density at radius 1 is 1.19 bits per heavy atom. The van der Waals surface area contributed by atoms with Gasteiger partial charge in [0.15, 0.2) is 0 Å². The highest BCUT2D eigenvalue weighted by atomic mass is 16.5. The van der Waals surface area contributed by atoms with Crippen LogP contribution in [0.4, 0.5) is 0 Å². The fourth-order valence-electron chi connectivity index (χ4n) is 2.95. The van der Waals surface area contributed by atoms with Crippen molar-refractivity contribution >= 4 is 0 Å². The lowest BCUT2D eigenvalue weighted by atomic mass is 9.89. The molecule has 0 aliphatic heterocycles. The minimum absolute atomic E-state index is 0.124. The van der Waals surface area contributed by atoms with Gasteiger partial charge in [-0.3, -0.25) is 0 Å². The SMILES string of the molecule is COc1cc(Cc2nccc(CC(C)(C)CO)n2)ccc1-n1cnc(C)c1. The Labute approximate surface area is 159 Å². The van der Waals surface area contributed by atoms with Gasteiger partial charge in [0.25, 0.3) is 0 Å². The second kappa shape index (κ2) is 7.88. The Morgan fingerprint density at radius 2 is 2.00 bits per heavy atom. The van der Waals surface area contributed by atoms with Gasteiger partial charge in [-0.2, -0.15) is 0 Å². The number of benzene rings is 1. The molecule has 3 aromatic rings. The first kappa shape index (κ1) is 19.0. The molecule has 142 valence electrons. The molecule has 27 heavy (non-hydrogen) atoms. The summed E-state index contributed by atoms with van der Waals surface area (Å²) in [6.45, 7) is 6.13. The number of aliphatic hydroxyl groups excluding tert-OH is 1. The molecule has 0 aliphatic carbocycles. The molecule has 0 spiro atoms. The first-order valence-corrected chi connectivity index (χ1v) is 9.00. The van der Waals surface area contributed by atoms with E-state index in [4.69, 9.17) is 4.74 Å². The van der Waals surface area contributed by atoms with Crippen molar-refractivity contribution in [3.63, 3.8) is 0 Å². The molecular formula is C21H26N4O2. The number of methoxy groups -OCH3 is 1. The maximum Gasteiger partial charge on any atom is 0.143 e. The fourth-order valence-corrected chi connectivity index (χ4v) is 2.95. The lowest BCUT2D eigenvalue weighted by molar-refractivity contribution is 0.158. The first-order valence-electron chi connectivity index (χ1n) is 9.00. The van der Waals surface area contributed by atoms with Crippen LogP contribution in [-0.2, 0) is 12.8 Å². The van der Waals surface area contributed by atoms with Crippen molar-refractivity contribution in [1.29, 1.82) is 0 Å². The second-order valence-electron chi connectivity index (χ2n) is 7.57. The summed E-state index contributed by atoms with van der Waals surface area (Å²) in [6, 6.07) is 8.00. The van der Waals surface area contributed by atoms with Crippen LogP contribution in [0.25, 0.3) is 5.69 Å². The van der Waals surface area contributed by atoms with Crippen LogP contribution in [0.2, 0.25) is 0 Å². The van der Waals surface area contributed by atoms with E-state index in [0.717, 1.165) is 34.2 Å². The monoisotopic (exact) mass is 366 g/mol. The van der Waals surface area contributed by atoms with Crippen LogP contribution in [0.3, 0.4) is 0 Å². The lowest BCUT2D eigenvalue weighted by Crippen LogP contribution is -2.20. The van der Waals surface area contributed by atoms with Crippen molar-refractivity contribution in [2.75, 3.05) is 13.7 Å². The maximum atomic E-state index is 9.48. The van der Waals surface area contributed by atoms with Gasteiger partial charge in [0.05, 0.1) is 24.8 Å². The highest BCUT2D eigenvalue weighted by molar-refractivity contribution is 5.49. The zero-order valence-corrected chi connectivity index (χ0v) is 16.3. The maximum absolute atomic E-state index is 9.48. The molecule has 1 N–H and O–H groups in total. The molecule has 3 rings (SSSR count). The largest absolute Gasteiger partial charge is 0.495 e. The van der Waals surface area contributed by atoms with Gasteiger partial charge in [-0.1, -0.05) is 19.9 Å². The summed E-state index contributed by atoms with van der Waals surface area (Å²) in [4.78, 5) is 13.3. The van der Waals surface area contributed by atoms with Gasteiger partial charge >= 0.3 is 0 Å². The summed E-state index contributed by atoms with van der Waals surface area (Å²) in [5.74, 6) is 1.54. The first-order chi connectivity index (χ1) is 12.9. The molecular weight excluding hydrogens is 340 g/mol. The molecule has 0 fully saturated rings. The van der Waals surface area contributed by atoms with E-state index >= 15 is 0 Å². The minimum Gasteiger partial charge on any atom is -0.495 e. The molecule has 0 saturated carbocycles. The van der Waals surface area contributed by atoms with Crippen molar-refractivity contribution in [3.8, 4) is 11.4 Å². The van der Waals surface area contributed by atoms with Crippen LogP contribution < -0.4 is 4.74 Å². The second-order valence-corrected chi connectivity index (χ2v) is 7.57. The number of imidazole rings is 1. The average molecular weight is 366 g/mol. The van der Waals surface area contributed by atoms with E-state index in [1.54, 1.807) is 19.6 Å². The normalized spacial score (nSPS) is 11.6. The third kappa shape index (κ3) is 4.71. The van der Waals surface area contributed by atoms with Gasteiger partial charge in [-0.15, -0.1) is 0 Å². The molecule has 0 bridgehead atoms. The van der Waals surface area contributed by atoms with Crippen LogP contribution in [0.1, 0.15) is 36.6 Å². The molecule has 6 nitrogen and oxygen atoms in total. The van der Waals surface area contributed by atoms with Gasteiger partial charge in [0.1, 0.15) is 11.6 Å². The summed E-state index contributed by atoms with van der Waals surface area (Å²) >= 11 is 0. The van der Waals surface area contributed by atoms with Crippen LogP contribution in [0, 0.1) is 12.3 Å². The summed E-state index contributed by atoms with van der Waals surface area (Å²) < 4.78 is 7.52. The molecule has 0 amide bonds. The zero-order valence-electron chi connectivity index (χ0n) is 16.3. The predicted molar refractivity (Wildman–Crippen MR) is 104 cm³/mol. The van der Waals surface area contributed by atoms with Crippen molar-refractivity contribution < 1.29 is 9.84 Å². The van der Waals surface area contributed by atoms with Crippen molar-refractivity contribution in [3.05, 3.63) is 65.8 Å². The number of nitrogens with zero attached hydrogens (tertiary/aromatic N) is 4. The van der Waals surface area contributed by atoms with E-state index < -0.39 is 0 Å². The number of aryl methyl sites for hydroxylation is 1. The number of rotatable bonds is 7. The lowest BCUT2D eigenvalue weighted by Gasteiger charge is -2.20. The predicted octanol–water partition coefficient (Wildman–Crippen LogP) is 3.13. The standard InChI is InChI=1S/C21H26N4O2/c1-15-12-25(14-23-15)18-6-5-16(9-19(18)27-4)10-20-22-8-7-17(24-20)11-21(2,3)13-26/h5-9,12,14,26H,10-11,13H2,1-4H3. The Bertz CT molecular complexity index is 918. The Hall–Kier alpha value is -2.73. The number of aromatic nitrogens is 4. The zero-order chi connectivity index (χ0) is 19.4. The summed E-state index contributed by atoms with van der Waals surface area (Å²) in [5.41, 5.74) is 3.72. The molecule has 0 atom stereocenters. The molecule has 0 radical (unpaired) electrons. The molecule has 2 heterocycles. The van der Waals surface area contributed by atoms with Crippen LogP contribution in [-0.4, -0.2) is 38.3 Å². The molecule has 0 saturated heterocycles. The third-order valence-electron chi connectivity index (χ3n) is 4.45. The van der Waals surface area contributed by atoms with Crippen LogP contribution in [0.5, 0.6) is 5.75 Å². The van der Waals surface area contributed by atoms with Crippen LogP contribution in [0.15, 0.2) is 43.0 Å². The van der Waals surface area contributed by atoms with Crippen molar-refractivity contribution in [1.82, 2.24) is 19.5 Å². The molecule has 2 aromatic heterocycles. The summed E-state index contributed by atoms with van der Waals surface area (Å²) in [5, 5.41) is 9.48. The molecule has 0 unspecified atom stereocenters. The van der Waals surface area contributed by atoms with Crippen molar-refractivity contribution in [2.45, 2.75) is 33.6 Å². The van der Waals surface area contributed by atoms with Gasteiger partial charge in [-0.25, -0.2) is 15.0 Å². The summed E-state index contributed by atoms with van der Waals surface area (Å²) in [7, 11) is 1.67. The van der Waals surface area contributed by atoms with E-state index in [1.807, 2.05) is 49.7 Å².